The number of halogens is 1. The van der Waals surface area contributed by atoms with Gasteiger partial charge in [0.2, 0.25) is 11.8 Å². The van der Waals surface area contributed by atoms with Crippen LogP contribution in [0, 0.1) is 0 Å². The van der Waals surface area contributed by atoms with Crippen molar-refractivity contribution < 1.29 is 9.59 Å². The number of benzene rings is 2. The van der Waals surface area contributed by atoms with Crippen LogP contribution in [0.4, 0.5) is 0 Å². The van der Waals surface area contributed by atoms with Crippen LogP contribution in [0.15, 0.2) is 54.7 Å². The maximum atomic E-state index is 13.7. The minimum Gasteiger partial charge on any atom is -0.361 e. The summed E-state index contributed by atoms with van der Waals surface area (Å²) < 4.78 is 0. The van der Waals surface area contributed by atoms with Crippen molar-refractivity contribution in [2.45, 2.75) is 50.7 Å². The highest BCUT2D eigenvalue weighted by molar-refractivity contribution is 6.30. The predicted molar refractivity (Wildman–Crippen MR) is 135 cm³/mol. The highest BCUT2D eigenvalue weighted by Crippen LogP contribution is 2.34. The van der Waals surface area contributed by atoms with Crippen LogP contribution in [0.3, 0.4) is 0 Å². The average molecular weight is 479 g/mol. The van der Waals surface area contributed by atoms with E-state index < -0.39 is 11.6 Å². The van der Waals surface area contributed by atoms with Crippen LogP contribution in [0.5, 0.6) is 0 Å². The second-order valence-electron chi connectivity index (χ2n) is 9.51. The van der Waals surface area contributed by atoms with Crippen LogP contribution in [0.1, 0.15) is 37.3 Å². The number of hydrogen-bond acceptors (Lipinski definition) is 3. The molecule has 3 heterocycles. The summed E-state index contributed by atoms with van der Waals surface area (Å²) in [5.74, 6) is 0.0365. The van der Waals surface area contributed by atoms with Crippen molar-refractivity contribution in [3.63, 3.8) is 0 Å². The summed E-state index contributed by atoms with van der Waals surface area (Å²) in [6.07, 6.45) is 4.58. The molecule has 1 atom stereocenters. The molecule has 0 radical (unpaired) electrons. The fourth-order valence-corrected chi connectivity index (χ4v) is 5.63. The normalized spacial score (nSPS) is 20.8. The molecule has 2 aliphatic rings. The molecular weight excluding hydrogens is 448 g/mol. The number of carbonyl (C=O) groups is 2. The molecular formula is C27H31ClN4O2. The zero-order valence-electron chi connectivity index (χ0n) is 19.5. The van der Waals surface area contributed by atoms with E-state index in [-0.39, 0.29) is 11.8 Å². The molecule has 2 aliphatic heterocycles. The van der Waals surface area contributed by atoms with Gasteiger partial charge < -0.3 is 15.2 Å². The first-order valence-corrected chi connectivity index (χ1v) is 12.5. The Balaban J connectivity index is 1.31. The van der Waals surface area contributed by atoms with Crippen LogP contribution in [0.25, 0.3) is 10.9 Å². The first-order chi connectivity index (χ1) is 16.5. The number of carbonyl (C=O) groups excluding carboxylic acids is 2. The van der Waals surface area contributed by atoms with E-state index in [2.05, 4.69) is 28.2 Å². The third kappa shape index (κ3) is 4.21. The number of piperazine rings is 1. The Labute approximate surface area is 205 Å². The van der Waals surface area contributed by atoms with Crippen molar-refractivity contribution in [3.8, 4) is 0 Å². The van der Waals surface area contributed by atoms with Crippen molar-refractivity contribution in [2.24, 2.45) is 0 Å². The monoisotopic (exact) mass is 478 g/mol. The molecule has 2 amide bonds. The summed E-state index contributed by atoms with van der Waals surface area (Å²) in [7, 11) is 0. The van der Waals surface area contributed by atoms with E-state index >= 15 is 0 Å². The molecule has 3 aromatic rings. The highest BCUT2D eigenvalue weighted by atomic mass is 35.5. The van der Waals surface area contributed by atoms with Crippen LogP contribution < -0.4 is 5.32 Å². The largest absolute Gasteiger partial charge is 0.361 e. The molecule has 2 fully saturated rings. The molecule has 6 nitrogen and oxygen atoms in total. The van der Waals surface area contributed by atoms with Gasteiger partial charge in [-0.1, -0.05) is 48.9 Å². The Morgan fingerprint density at radius 3 is 2.53 bits per heavy atom. The van der Waals surface area contributed by atoms with E-state index in [4.69, 9.17) is 11.6 Å². The molecule has 2 saturated heterocycles. The number of amides is 2. The van der Waals surface area contributed by atoms with E-state index in [0.29, 0.717) is 25.8 Å². The van der Waals surface area contributed by atoms with Crippen LogP contribution >= 0.6 is 11.6 Å². The molecule has 0 aliphatic carbocycles. The predicted octanol–water partition coefficient (Wildman–Crippen LogP) is 4.14. The van der Waals surface area contributed by atoms with E-state index in [9.17, 15) is 9.59 Å². The lowest BCUT2D eigenvalue weighted by molar-refractivity contribution is -0.161. The van der Waals surface area contributed by atoms with E-state index in [1.165, 1.54) is 5.56 Å². The van der Waals surface area contributed by atoms with Gasteiger partial charge in [-0.15, -0.1) is 0 Å². The van der Waals surface area contributed by atoms with Gasteiger partial charge in [-0.05, 0) is 48.6 Å². The maximum Gasteiger partial charge on any atom is 0.246 e. The number of nitrogens with zero attached hydrogens (tertiary/aromatic N) is 2. The van der Waals surface area contributed by atoms with Gasteiger partial charge in [-0.3, -0.25) is 14.5 Å². The van der Waals surface area contributed by atoms with Gasteiger partial charge in [0.15, 0.2) is 0 Å². The molecule has 2 aromatic carbocycles. The van der Waals surface area contributed by atoms with E-state index in [1.54, 1.807) is 0 Å². The minimum atomic E-state index is -0.750. The van der Waals surface area contributed by atoms with Crippen molar-refractivity contribution in [1.29, 1.82) is 0 Å². The molecule has 0 bridgehead atoms. The fourth-order valence-electron chi connectivity index (χ4n) is 5.51. The zero-order chi connectivity index (χ0) is 23.7. The number of aromatic amines is 1. The molecule has 178 valence electrons. The summed E-state index contributed by atoms with van der Waals surface area (Å²) in [6, 6.07) is 15.4. The quantitative estimate of drug-likeness (QED) is 0.559. The molecule has 2 N–H and O–H groups in total. The fraction of sp³-hybridized carbons (Fsp3) is 0.407. The van der Waals surface area contributed by atoms with Crippen molar-refractivity contribution in [1.82, 2.24) is 20.1 Å². The van der Waals surface area contributed by atoms with Gasteiger partial charge in [0.05, 0.1) is 0 Å². The van der Waals surface area contributed by atoms with E-state index in [1.807, 2.05) is 53.6 Å². The summed E-state index contributed by atoms with van der Waals surface area (Å²) in [6.45, 7) is 5.04. The Morgan fingerprint density at radius 1 is 1.06 bits per heavy atom. The second-order valence-corrected chi connectivity index (χ2v) is 9.95. The van der Waals surface area contributed by atoms with Crippen molar-refractivity contribution >= 4 is 34.3 Å². The van der Waals surface area contributed by atoms with Crippen molar-refractivity contribution in [3.05, 3.63) is 70.9 Å². The van der Waals surface area contributed by atoms with Crippen molar-refractivity contribution in [2.75, 3.05) is 19.6 Å². The minimum absolute atomic E-state index is 0.00321. The molecule has 1 spiro atoms. The molecule has 7 heteroatoms. The molecule has 0 saturated carbocycles. The Kier molecular flexibility index (Phi) is 6.36. The van der Waals surface area contributed by atoms with Gasteiger partial charge in [0.25, 0.3) is 0 Å². The number of H-pyrrole nitrogens is 1. The lowest BCUT2D eigenvalue weighted by Gasteiger charge is -2.51. The van der Waals surface area contributed by atoms with Gasteiger partial charge in [-0.2, -0.15) is 0 Å². The van der Waals surface area contributed by atoms with Crippen LogP contribution in [-0.4, -0.2) is 57.8 Å². The Morgan fingerprint density at radius 2 is 1.79 bits per heavy atom. The SMILES string of the molecule is CCCN1C(=O)[C@@H](Cc2c[nH]c3ccccc23)NC(=O)C12CCN(Cc1ccc(Cl)cc1)CC2. The first kappa shape index (κ1) is 22.9. The highest BCUT2D eigenvalue weighted by Gasteiger charge is 2.53. The second kappa shape index (κ2) is 9.43. The average Bonchev–Trinajstić information content (AvgIpc) is 3.26. The standard InChI is InChI=1S/C27H31ClN4O2/c1-2-13-32-25(33)24(16-20-17-29-23-6-4-3-5-22(20)23)30-26(34)27(32)11-14-31(15-12-27)18-19-7-9-21(28)10-8-19/h3-10,17,24,29H,2,11-16,18H2,1H3,(H,30,34)/t24-/m1/s1. The summed E-state index contributed by atoms with van der Waals surface area (Å²) in [5.41, 5.74) is 2.55. The number of rotatable bonds is 6. The molecule has 34 heavy (non-hydrogen) atoms. The third-order valence-corrected chi connectivity index (χ3v) is 7.61. The molecule has 0 unspecified atom stereocenters. The Hall–Kier alpha value is -2.83. The van der Waals surface area contributed by atoms with E-state index in [0.717, 1.165) is 47.5 Å². The lowest BCUT2D eigenvalue weighted by Crippen LogP contribution is -2.73. The smallest absolute Gasteiger partial charge is 0.246 e. The summed E-state index contributed by atoms with van der Waals surface area (Å²) in [5, 5.41) is 4.94. The number of nitrogens with one attached hydrogen (secondary N) is 2. The number of aromatic nitrogens is 1. The lowest BCUT2D eigenvalue weighted by atomic mass is 9.81. The summed E-state index contributed by atoms with van der Waals surface area (Å²) >= 11 is 6.01. The van der Waals surface area contributed by atoms with Crippen LogP contribution in [-0.2, 0) is 22.6 Å². The number of fused-ring (bicyclic) bond motifs is 1. The van der Waals surface area contributed by atoms with Gasteiger partial charge in [0.1, 0.15) is 11.6 Å². The first-order valence-electron chi connectivity index (χ1n) is 12.1. The number of hydrogen-bond donors (Lipinski definition) is 2. The third-order valence-electron chi connectivity index (χ3n) is 7.36. The van der Waals surface area contributed by atoms with Gasteiger partial charge in [0, 0.05) is 54.7 Å². The topological polar surface area (TPSA) is 68.4 Å². The number of piperidine rings is 1. The van der Waals surface area contributed by atoms with Gasteiger partial charge in [-0.25, -0.2) is 0 Å². The molecule has 1 aromatic heterocycles. The number of para-hydroxylation sites is 1. The zero-order valence-corrected chi connectivity index (χ0v) is 20.3. The number of likely N-dealkylation sites (tertiary alicyclic amines) is 1. The Bertz CT molecular complexity index is 1180. The molecule has 5 rings (SSSR count). The van der Waals surface area contributed by atoms with Crippen LogP contribution in [0.2, 0.25) is 5.02 Å². The maximum absolute atomic E-state index is 13.7. The summed E-state index contributed by atoms with van der Waals surface area (Å²) in [4.78, 5) is 34.8. The van der Waals surface area contributed by atoms with Gasteiger partial charge >= 0.3 is 0 Å².